The predicted molar refractivity (Wildman–Crippen MR) is 86.6 cm³/mol. The molecule has 1 atom stereocenters. The fourth-order valence-electron chi connectivity index (χ4n) is 2.14. The largest absolute Gasteiger partial charge is 0.493 e. The van der Waals surface area contributed by atoms with Gasteiger partial charge in [0.15, 0.2) is 11.5 Å². The molecule has 0 aromatic heterocycles. The Bertz CT molecular complexity index is 632. The van der Waals surface area contributed by atoms with Gasteiger partial charge in [-0.25, -0.2) is 0 Å². The lowest BCUT2D eigenvalue weighted by Crippen LogP contribution is -2.13. The summed E-state index contributed by atoms with van der Waals surface area (Å²) in [6.45, 7) is 0. The lowest BCUT2D eigenvalue weighted by Gasteiger charge is -2.16. The highest BCUT2D eigenvalue weighted by Gasteiger charge is 2.13. The van der Waals surface area contributed by atoms with Gasteiger partial charge in [0.25, 0.3) is 0 Å². The first-order valence-electron chi connectivity index (χ1n) is 6.46. The van der Waals surface area contributed by atoms with Gasteiger partial charge in [-0.2, -0.15) is 0 Å². The molecule has 0 heterocycles. The third kappa shape index (κ3) is 3.82. The molecule has 21 heavy (non-hydrogen) atoms. The van der Waals surface area contributed by atoms with Crippen molar-refractivity contribution in [2.75, 3.05) is 14.2 Å². The van der Waals surface area contributed by atoms with Crippen LogP contribution in [-0.2, 0) is 6.42 Å². The van der Waals surface area contributed by atoms with E-state index < -0.39 is 0 Å². The third-order valence-corrected chi connectivity index (χ3v) is 3.89. The topological polar surface area (TPSA) is 44.5 Å². The molecular weight excluding hydrogens is 309 g/mol. The van der Waals surface area contributed by atoms with E-state index in [1.807, 2.05) is 24.3 Å². The van der Waals surface area contributed by atoms with Gasteiger partial charge in [0, 0.05) is 16.1 Å². The average Bonchev–Trinajstić information content (AvgIpc) is 2.50. The van der Waals surface area contributed by atoms with Crippen LogP contribution in [0.25, 0.3) is 0 Å². The molecule has 2 aromatic rings. The number of benzene rings is 2. The Hall–Kier alpha value is -1.42. The Kier molecular flexibility index (Phi) is 5.34. The van der Waals surface area contributed by atoms with E-state index in [1.165, 1.54) is 0 Å². The van der Waals surface area contributed by atoms with Crippen molar-refractivity contribution in [3.63, 3.8) is 0 Å². The van der Waals surface area contributed by atoms with Crippen LogP contribution in [0.2, 0.25) is 10.0 Å². The van der Waals surface area contributed by atoms with Crippen molar-refractivity contribution >= 4 is 23.2 Å². The van der Waals surface area contributed by atoms with E-state index in [0.29, 0.717) is 28.0 Å². The molecule has 5 heteroatoms. The summed E-state index contributed by atoms with van der Waals surface area (Å²) in [5, 5.41) is 1.31. The first-order chi connectivity index (χ1) is 10.0. The number of halogens is 2. The summed E-state index contributed by atoms with van der Waals surface area (Å²) < 4.78 is 10.5. The number of hydrogen-bond donors (Lipinski definition) is 1. The second kappa shape index (κ2) is 7.03. The van der Waals surface area contributed by atoms with Gasteiger partial charge < -0.3 is 15.2 Å². The van der Waals surface area contributed by atoms with Crippen LogP contribution in [-0.4, -0.2) is 14.2 Å². The second-order valence-electron chi connectivity index (χ2n) is 4.66. The molecule has 0 radical (unpaired) electrons. The summed E-state index contributed by atoms with van der Waals surface area (Å²) in [4.78, 5) is 0. The summed E-state index contributed by atoms with van der Waals surface area (Å²) in [6, 6.07) is 10.8. The zero-order chi connectivity index (χ0) is 15.4. The molecule has 112 valence electrons. The van der Waals surface area contributed by atoms with E-state index in [4.69, 9.17) is 38.4 Å². The van der Waals surface area contributed by atoms with Gasteiger partial charge in [-0.05, 0) is 47.9 Å². The quantitative estimate of drug-likeness (QED) is 0.893. The number of ether oxygens (including phenoxy) is 2. The van der Waals surface area contributed by atoms with Crippen molar-refractivity contribution < 1.29 is 9.47 Å². The van der Waals surface area contributed by atoms with Crippen molar-refractivity contribution in [3.05, 3.63) is 57.6 Å². The van der Waals surface area contributed by atoms with Gasteiger partial charge in [0.2, 0.25) is 0 Å². The second-order valence-corrected chi connectivity index (χ2v) is 5.50. The number of nitrogens with two attached hydrogens (primary N) is 1. The van der Waals surface area contributed by atoms with Crippen molar-refractivity contribution in [2.45, 2.75) is 12.5 Å². The van der Waals surface area contributed by atoms with Crippen LogP contribution in [0.4, 0.5) is 0 Å². The molecule has 3 nitrogen and oxygen atoms in total. The summed E-state index contributed by atoms with van der Waals surface area (Å²) in [6.07, 6.45) is 0.592. The van der Waals surface area contributed by atoms with Gasteiger partial charge >= 0.3 is 0 Å². The van der Waals surface area contributed by atoms with E-state index >= 15 is 0 Å². The molecule has 0 saturated carbocycles. The maximum Gasteiger partial charge on any atom is 0.161 e. The maximum atomic E-state index is 6.26. The highest BCUT2D eigenvalue weighted by molar-refractivity contribution is 6.33. The minimum atomic E-state index is -0.208. The van der Waals surface area contributed by atoms with Crippen LogP contribution in [0, 0.1) is 0 Å². The summed E-state index contributed by atoms with van der Waals surface area (Å²) in [5.74, 6) is 1.33. The standard InChI is InChI=1S/C16H17Cl2NO2/c1-20-15-6-3-10(9-16(15)21-2)14(19)8-11-7-12(17)4-5-13(11)18/h3-7,9,14H,8,19H2,1-2H3. The zero-order valence-electron chi connectivity index (χ0n) is 11.9. The van der Waals surface area contributed by atoms with E-state index in [0.717, 1.165) is 11.1 Å². The van der Waals surface area contributed by atoms with Gasteiger partial charge in [-0.3, -0.25) is 0 Å². The lowest BCUT2D eigenvalue weighted by molar-refractivity contribution is 0.354. The maximum absolute atomic E-state index is 6.26. The minimum Gasteiger partial charge on any atom is -0.493 e. The van der Waals surface area contributed by atoms with E-state index in [1.54, 1.807) is 26.4 Å². The van der Waals surface area contributed by atoms with Crippen LogP contribution in [0.15, 0.2) is 36.4 Å². The highest BCUT2D eigenvalue weighted by atomic mass is 35.5. The Morgan fingerprint density at radius 1 is 1.00 bits per heavy atom. The molecule has 0 aliphatic heterocycles. The minimum absolute atomic E-state index is 0.208. The van der Waals surface area contributed by atoms with Gasteiger partial charge in [-0.1, -0.05) is 29.3 Å². The summed E-state index contributed by atoms with van der Waals surface area (Å²) >= 11 is 12.2. The highest BCUT2D eigenvalue weighted by Crippen LogP contribution is 2.31. The summed E-state index contributed by atoms with van der Waals surface area (Å²) in [5.41, 5.74) is 8.13. The number of rotatable bonds is 5. The normalized spacial score (nSPS) is 12.0. The molecule has 2 N–H and O–H groups in total. The van der Waals surface area contributed by atoms with Crippen molar-refractivity contribution in [2.24, 2.45) is 5.73 Å². The van der Waals surface area contributed by atoms with Crippen molar-refractivity contribution in [3.8, 4) is 11.5 Å². The Labute approximate surface area is 134 Å². The van der Waals surface area contributed by atoms with Crippen LogP contribution in [0.5, 0.6) is 11.5 Å². The molecule has 2 rings (SSSR count). The van der Waals surface area contributed by atoms with E-state index in [9.17, 15) is 0 Å². The fraction of sp³-hybridized carbons (Fsp3) is 0.250. The van der Waals surface area contributed by atoms with E-state index in [-0.39, 0.29) is 6.04 Å². The van der Waals surface area contributed by atoms with Gasteiger partial charge in [0.05, 0.1) is 14.2 Å². The monoisotopic (exact) mass is 325 g/mol. The average molecular weight is 326 g/mol. The Morgan fingerprint density at radius 3 is 2.38 bits per heavy atom. The van der Waals surface area contributed by atoms with Gasteiger partial charge in [0.1, 0.15) is 0 Å². The van der Waals surface area contributed by atoms with Crippen LogP contribution in [0.1, 0.15) is 17.2 Å². The molecular formula is C16H17Cl2NO2. The zero-order valence-corrected chi connectivity index (χ0v) is 13.4. The molecule has 1 unspecified atom stereocenters. The Balaban J connectivity index is 2.24. The van der Waals surface area contributed by atoms with Crippen molar-refractivity contribution in [1.82, 2.24) is 0 Å². The molecule has 0 bridgehead atoms. The first-order valence-corrected chi connectivity index (χ1v) is 7.22. The fourth-order valence-corrected chi connectivity index (χ4v) is 2.53. The number of methoxy groups -OCH3 is 2. The third-order valence-electron chi connectivity index (χ3n) is 3.28. The predicted octanol–water partition coefficient (Wildman–Crippen LogP) is 4.25. The van der Waals surface area contributed by atoms with E-state index in [2.05, 4.69) is 0 Å². The van der Waals surface area contributed by atoms with Crippen LogP contribution < -0.4 is 15.2 Å². The Morgan fingerprint density at radius 2 is 1.71 bits per heavy atom. The molecule has 2 aromatic carbocycles. The summed E-state index contributed by atoms with van der Waals surface area (Å²) in [7, 11) is 3.20. The SMILES string of the molecule is COc1ccc(C(N)Cc2cc(Cl)ccc2Cl)cc1OC. The lowest BCUT2D eigenvalue weighted by atomic mass is 9.99. The first kappa shape index (κ1) is 16.0. The molecule has 0 saturated heterocycles. The van der Waals surface area contributed by atoms with Crippen molar-refractivity contribution in [1.29, 1.82) is 0 Å². The smallest absolute Gasteiger partial charge is 0.161 e. The van der Waals surface area contributed by atoms with Gasteiger partial charge in [-0.15, -0.1) is 0 Å². The van der Waals surface area contributed by atoms with Crippen LogP contribution in [0.3, 0.4) is 0 Å². The number of hydrogen-bond acceptors (Lipinski definition) is 3. The molecule has 0 spiro atoms. The molecule has 0 fully saturated rings. The van der Waals surface area contributed by atoms with Crippen LogP contribution >= 0.6 is 23.2 Å². The molecule has 0 aliphatic rings. The molecule has 0 aliphatic carbocycles. The molecule has 0 amide bonds.